The van der Waals surface area contributed by atoms with Gasteiger partial charge in [-0.3, -0.25) is 9.36 Å². The van der Waals surface area contributed by atoms with Crippen LogP contribution in [0.2, 0.25) is 0 Å². The maximum Gasteiger partial charge on any atom is 0.329 e. The highest BCUT2D eigenvalue weighted by molar-refractivity contribution is 7.53. The molecule has 0 amide bonds. The molecule has 2 rings (SSSR count). The molecule has 4 atom stereocenters. The first-order valence-corrected chi connectivity index (χ1v) is 7.10. The molecule has 1 aliphatic carbocycles. The SMILES string of the molecule is NC(C(=O)O)[C@H]1[C@H](c2ccccc2)[C@@H]1P(=O)(O)O. The summed E-state index contributed by atoms with van der Waals surface area (Å²) in [5, 5.41) is 8.86. The standard InChI is InChI=1S/C11H14NO5P/c12-9(11(13)14)8-7(10(8)18(15,16)17)6-4-2-1-3-5-6/h1-5,7-10H,12H2,(H,13,14)(H2,15,16,17)/t7-,8+,9?,10-/m0/s1. The molecule has 98 valence electrons. The van der Waals surface area contributed by atoms with Gasteiger partial charge in [0.25, 0.3) is 0 Å². The van der Waals surface area contributed by atoms with Crippen LogP contribution in [0.3, 0.4) is 0 Å². The molecule has 1 aliphatic rings. The van der Waals surface area contributed by atoms with Crippen LogP contribution in [0.5, 0.6) is 0 Å². The van der Waals surface area contributed by atoms with Crippen LogP contribution in [0.1, 0.15) is 11.5 Å². The molecular formula is C11H14NO5P. The number of hydrogen-bond acceptors (Lipinski definition) is 3. The van der Waals surface area contributed by atoms with E-state index in [-0.39, 0.29) is 0 Å². The van der Waals surface area contributed by atoms with Crippen LogP contribution in [0.15, 0.2) is 30.3 Å². The predicted octanol–water partition coefficient (Wildman–Crippen LogP) is 0.358. The fourth-order valence-corrected chi connectivity index (χ4v) is 3.96. The van der Waals surface area contributed by atoms with E-state index in [4.69, 9.17) is 10.8 Å². The highest BCUT2D eigenvalue weighted by Gasteiger charge is 2.63. The van der Waals surface area contributed by atoms with Crippen LogP contribution in [0.25, 0.3) is 0 Å². The molecule has 0 bridgehead atoms. The highest BCUT2D eigenvalue weighted by atomic mass is 31.2. The minimum Gasteiger partial charge on any atom is -0.480 e. The number of hydrogen-bond donors (Lipinski definition) is 4. The average Bonchev–Trinajstić information content (AvgIpc) is 3.03. The lowest BCUT2D eigenvalue weighted by molar-refractivity contribution is -0.139. The van der Waals surface area contributed by atoms with Gasteiger partial charge in [0.05, 0.1) is 5.66 Å². The van der Waals surface area contributed by atoms with E-state index in [9.17, 15) is 19.1 Å². The van der Waals surface area contributed by atoms with Gasteiger partial charge >= 0.3 is 13.6 Å². The van der Waals surface area contributed by atoms with Crippen LogP contribution < -0.4 is 5.73 Å². The Morgan fingerprint density at radius 3 is 2.28 bits per heavy atom. The molecule has 5 N–H and O–H groups in total. The van der Waals surface area contributed by atoms with Crippen LogP contribution in [-0.2, 0) is 9.36 Å². The molecule has 0 aromatic heterocycles. The lowest BCUT2D eigenvalue weighted by Crippen LogP contribution is -2.33. The molecule has 0 saturated heterocycles. The highest BCUT2D eigenvalue weighted by Crippen LogP contribution is 2.67. The maximum atomic E-state index is 11.4. The molecule has 0 radical (unpaired) electrons. The minimum absolute atomic E-state index is 0.488. The smallest absolute Gasteiger partial charge is 0.329 e. The molecular weight excluding hydrogens is 257 g/mol. The Balaban J connectivity index is 2.30. The summed E-state index contributed by atoms with van der Waals surface area (Å²) in [6, 6.07) is 7.46. The predicted molar refractivity (Wildman–Crippen MR) is 64.1 cm³/mol. The van der Waals surface area contributed by atoms with Gasteiger partial charge in [-0.1, -0.05) is 30.3 Å². The Hall–Kier alpha value is -1.20. The lowest BCUT2D eigenvalue weighted by Gasteiger charge is -2.05. The van der Waals surface area contributed by atoms with E-state index in [0.29, 0.717) is 5.56 Å². The van der Waals surface area contributed by atoms with E-state index in [1.807, 2.05) is 0 Å². The molecule has 18 heavy (non-hydrogen) atoms. The number of rotatable bonds is 4. The molecule has 1 fully saturated rings. The molecule has 1 saturated carbocycles. The molecule has 6 nitrogen and oxygen atoms in total. The third-order valence-electron chi connectivity index (χ3n) is 3.31. The van der Waals surface area contributed by atoms with Gasteiger partial charge in [-0.2, -0.15) is 0 Å². The first-order valence-electron chi connectivity index (χ1n) is 5.42. The zero-order chi connectivity index (χ0) is 13.5. The molecule has 0 aliphatic heterocycles. The quantitative estimate of drug-likeness (QED) is 0.587. The molecule has 1 aromatic carbocycles. The van der Waals surface area contributed by atoms with Crippen molar-refractivity contribution in [2.24, 2.45) is 11.7 Å². The number of carboxylic acids is 1. The summed E-state index contributed by atoms with van der Waals surface area (Å²) in [6.45, 7) is 0. The minimum atomic E-state index is -4.34. The van der Waals surface area contributed by atoms with E-state index in [2.05, 4.69) is 0 Å². The molecule has 0 heterocycles. The summed E-state index contributed by atoms with van der Waals surface area (Å²) in [5.74, 6) is -2.44. The largest absolute Gasteiger partial charge is 0.480 e. The first-order chi connectivity index (χ1) is 8.34. The van der Waals surface area contributed by atoms with Crippen LogP contribution in [0.4, 0.5) is 0 Å². The third-order valence-corrected chi connectivity index (χ3v) is 4.75. The Morgan fingerprint density at radius 2 is 1.83 bits per heavy atom. The van der Waals surface area contributed by atoms with E-state index in [1.54, 1.807) is 30.3 Å². The Labute approximate surface area is 104 Å². The Kier molecular flexibility index (Phi) is 3.29. The molecule has 0 spiro atoms. The zero-order valence-corrected chi connectivity index (χ0v) is 10.3. The number of aliphatic carboxylic acids is 1. The van der Waals surface area contributed by atoms with Crippen molar-refractivity contribution in [3.63, 3.8) is 0 Å². The maximum absolute atomic E-state index is 11.4. The summed E-state index contributed by atoms with van der Waals surface area (Å²) in [7, 11) is -4.34. The molecule has 1 aromatic rings. The summed E-state index contributed by atoms with van der Waals surface area (Å²) >= 11 is 0. The van der Waals surface area contributed by atoms with Crippen molar-refractivity contribution >= 4 is 13.6 Å². The van der Waals surface area contributed by atoms with Gasteiger partial charge in [-0.25, -0.2) is 0 Å². The second-order valence-corrected chi connectivity index (χ2v) is 6.23. The number of nitrogens with two attached hydrogens (primary N) is 1. The Bertz CT molecular complexity index is 499. The first kappa shape index (κ1) is 13.2. The Morgan fingerprint density at radius 1 is 1.28 bits per heavy atom. The van der Waals surface area contributed by atoms with E-state index >= 15 is 0 Å². The van der Waals surface area contributed by atoms with E-state index < -0.39 is 37.1 Å². The average molecular weight is 271 g/mol. The normalized spacial score (nSPS) is 28.7. The number of carboxylic acid groups (broad SMARTS) is 1. The van der Waals surface area contributed by atoms with Crippen molar-refractivity contribution in [1.82, 2.24) is 0 Å². The number of benzene rings is 1. The van der Waals surface area contributed by atoms with Crippen molar-refractivity contribution in [2.75, 3.05) is 0 Å². The van der Waals surface area contributed by atoms with Gasteiger partial charge in [-0.15, -0.1) is 0 Å². The van der Waals surface area contributed by atoms with E-state index in [1.165, 1.54) is 0 Å². The summed E-state index contributed by atoms with van der Waals surface area (Å²) in [4.78, 5) is 29.4. The fraction of sp³-hybridized carbons (Fsp3) is 0.364. The van der Waals surface area contributed by atoms with Crippen molar-refractivity contribution < 1.29 is 24.3 Å². The summed E-state index contributed by atoms with van der Waals surface area (Å²) in [5.41, 5.74) is 5.21. The molecule has 1 unspecified atom stereocenters. The van der Waals surface area contributed by atoms with Crippen LogP contribution >= 0.6 is 7.60 Å². The second kappa shape index (κ2) is 4.48. The van der Waals surface area contributed by atoms with Gasteiger partial charge < -0.3 is 20.6 Å². The fourth-order valence-electron chi connectivity index (χ4n) is 2.45. The topological polar surface area (TPSA) is 121 Å². The summed E-state index contributed by atoms with van der Waals surface area (Å²) < 4.78 is 11.4. The monoisotopic (exact) mass is 271 g/mol. The van der Waals surface area contributed by atoms with Crippen LogP contribution in [0, 0.1) is 5.92 Å². The lowest BCUT2D eigenvalue weighted by atomic mass is 10.1. The van der Waals surface area contributed by atoms with Crippen LogP contribution in [-0.4, -0.2) is 32.6 Å². The van der Waals surface area contributed by atoms with Gasteiger partial charge in [0.15, 0.2) is 0 Å². The van der Waals surface area contributed by atoms with Crippen molar-refractivity contribution in [2.45, 2.75) is 17.6 Å². The van der Waals surface area contributed by atoms with Gasteiger partial charge in [0, 0.05) is 11.8 Å². The second-order valence-electron chi connectivity index (χ2n) is 4.46. The molecule has 7 heteroatoms. The third kappa shape index (κ3) is 2.33. The van der Waals surface area contributed by atoms with Gasteiger partial charge in [0.1, 0.15) is 6.04 Å². The van der Waals surface area contributed by atoms with Gasteiger partial charge in [-0.05, 0) is 5.56 Å². The zero-order valence-electron chi connectivity index (χ0n) is 9.38. The van der Waals surface area contributed by atoms with E-state index in [0.717, 1.165) is 0 Å². The van der Waals surface area contributed by atoms with Crippen molar-refractivity contribution in [3.05, 3.63) is 35.9 Å². The number of carbonyl (C=O) groups is 1. The van der Waals surface area contributed by atoms with Gasteiger partial charge in [0.2, 0.25) is 0 Å². The summed E-state index contributed by atoms with van der Waals surface area (Å²) in [6.07, 6.45) is 0. The van der Waals surface area contributed by atoms with Crippen molar-refractivity contribution in [3.8, 4) is 0 Å². The van der Waals surface area contributed by atoms with Crippen molar-refractivity contribution in [1.29, 1.82) is 0 Å².